The summed E-state index contributed by atoms with van der Waals surface area (Å²) in [6.07, 6.45) is 4.51. The summed E-state index contributed by atoms with van der Waals surface area (Å²) in [4.78, 5) is 6.88. The van der Waals surface area contributed by atoms with E-state index < -0.39 is 0 Å². The molecule has 0 bridgehead atoms. The van der Waals surface area contributed by atoms with Crippen LogP contribution in [0, 0.1) is 0 Å². The highest BCUT2D eigenvalue weighted by Gasteiger charge is 2.44. The monoisotopic (exact) mass is 330 g/mol. The Balaban J connectivity index is 1.42. The molecule has 3 atom stereocenters. The van der Waals surface area contributed by atoms with Crippen molar-refractivity contribution in [3.63, 3.8) is 0 Å². The molecule has 4 heterocycles. The van der Waals surface area contributed by atoms with Crippen LogP contribution < -0.4 is 0 Å². The minimum atomic E-state index is 0.140. The van der Waals surface area contributed by atoms with E-state index in [9.17, 15) is 0 Å². The Labute approximate surface area is 141 Å². The highest BCUT2D eigenvalue weighted by molar-refractivity contribution is 7.07. The van der Waals surface area contributed by atoms with E-state index in [4.69, 9.17) is 9.47 Å². The largest absolute Gasteiger partial charge is 0.374 e. The van der Waals surface area contributed by atoms with E-state index in [0.29, 0.717) is 12.6 Å². The first-order valence-electron chi connectivity index (χ1n) is 8.28. The van der Waals surface area contributed by atoms with Gasteiger partial charge in [-0.1, -0.05) is 6.07 Å². The number of aromatic nitrogens is 1. The van der Waals surface area contributed by atoms with Crippen molar-refractivity contribution in [2.45, 2.75) is 44.2 Å². The van der Waals surface area contributed by atoms with Crippen molar-refractivity contribution in [3.8, 4) is 0 Å². The third kappa shape index (κ3) is 3.48. The summed E-state index contributed by atoms with van der Waals surface area (Å²) < 4.78 is 12.2. The van der Waals surface area contributed by atoms with Crippen LogP contribution in [0.3, 0.4) is 0 Å². The topological polar surface area (TPSA) is 34.6 Å². The second-order valence-corrected chi connectivity index (χ2v) is 7.06. The quantitative estimate of drug-likeness (QED) is 0.844. The van der Waals surface area contributed by atoms with Gasteiger partial charge in [-0.2, -0.15) is 11.3 Å². The summed E-state index contributed by atoms with van der Waals surface area (Å²) in [5.41, 5.74) is 2.38. The number of thiophene rings is 1. The van der Waals surface area contributed by atoms with Gasteiger partial charge in [0.25, 0.3) is 0 Å². The van der Waals surface area contributed by atoms with Gasteiger partial charge >= 0.3 is 0 Å². The smallest absolute Gasteiger partial charge is 0.100 e. The number of nitrogens with zero attached hydrogens (tertiary/aromatic N) is 2. The van der Waals surface area contributed by atoms with Crippen molar-refractivity contribution in [1.29, 1.82) is 0 Å². The molecule has 2 aliphatic rings. The number of fused-ring (bicyclic) bond motifs is 1. The first kappa shape index (κ1) is 15.3. The molecule has 122 valence electrons. The first-order chi connectivity index (χ1) is 11.4. The van der Waals surface area contributed by atoms with Crippen LogP contribution in [0.5, 0.6) is 0 Å². The summed E-state index contributed by atoms with van der Waals surface area (Å²) in [6, 6.07) is 8.64. The van der Waals surface area contributed by atoms with Crippen LogP contribution in [0.15, 0.2) is 41.2 Å². The minimum Gasteiger partial charge on any atom is -0.374 e. The molecule has 5 heteroatoms. The molecule has 0 amide bonds. The van der Waals surface area contributed by atoms with Gasteiger partial charge in [-0.25, -0.2) is 0 Å². The van der Waals surface area contributed by atoms with E-state index in [0.717, 1.165) is 31.8 Å². The van der Waals surface area contributed by atoms with Crippen LogP contribution >= 0.6 is 11.3 Å². The maximum Gasteiger partial charge on any atom is 0.100 e. The molecular formula is C18H22N2O2S. The molecule has 0 aliphatic carbocycles. The molecule has 2 saturated heterocycles. The van der Waals surface area contributed by atoms with Crippen LogP contribution in [0.4, 0.5) is 0 Å². The standard InChI is InChI=1S/C18H22N2O2S/c1-2-7-19-15(4-1)12-22-17-11-20(10-14-6-9-23-13-14)16-5-3-8-21-18(16)17/h1-2,4,6-7,9,13,16-18H,3,5,8,10-12H2/t16-,17-,18+/m1/s1. The lowest BCUT2D eigenvalue weighted by atomic mass is 10.0. The van der Waals surface area contributed by atoms with Crippen molar-refractivity contribution in [2.24, 2.45) is 0 Å². The number of rotatable bonds is 5. The number of hydrogen-bond donors (Lipinski definition) is 0. The molecular weight excluding hydrogens is 308 g/mol. The highest BCUT2D eigenvalue weighted by atomic mass is 32.1. The number of likely N-dealkylation sites (tertiary alicyclic amines) is 1. The maximum absolute atomic E-state index is 6.18. The van der Waals surface area contributed by atoms with E-state index >= 15 is 0 Å². The van der Waals surface area contributed by atoms with Gasteiger partial charge in [0.05, 0.1) is 18.4 Å². The van der Waals surface area contributed by atoms with Gasteiger partial charge in [-0.3, -0.25) is 9.88 Å². The lowest BCUT2D eigenvalue weighted by Crippen LogP contribution is -2.41. The van der Waals surface area contributed by atoms with Crippen molar-refractivity contribution >= 4 is 11.3 Å². The molecule has 0 N–H and O–H groups in total. The fourth-order valence-electron chi connectivity index (χ4n) is 3.63. The van der Waals surface area contributed by atoms with Crippen molar-refractivity contribution in [1.82, 2.24) is 9.88 Å². The minimum absolute atomic E-state index is 0.140. The van der Waals surface area contributed by atoms with Gasteiger partial charge in [0.15, 0.2) is 0 Å². The number of pyridine rings is 1. The van der Waals surface area contributed by atoms with E-state index in [1.807, 2.05) is 24.4 Å². The molecule has 0 unspecified atom stereocenters. The first-order valence-corrected chi connectivity index (χ1v) is 9.23. The fraction of sp³-hybridized carbons (Fsp3) is 0.500. The molecule has 2 fully saturated rings. The summed E-state index contributed by atoms with van der Waals surface area (Å²) in [5.74, 6) is 0. The SMILES string of the molecule is c1ccc(CO[C@@H]2CN(Cc3ccsc3)[C@@H]3CCCO[C@@H]32)nc1. The zero-order chi connectivity index (χ0) is 15.5. The van der Waals surface area contributed by atoms with Crippen molar-refractivity contribution in [3.05, 3.63) is 52.5 Å². The normalized spacial score (nSPS) is 27.9. The molecule has 23 heavy (non-hydrogen) atoms. The lowest BCUT2D eigenvalue weighted by Gasteiger charge is -2.32. The zero-order valence-electron chi connectivity index (χ0n) is 13.1. The molecule has 0 saturated carbocycles. The van der Waals surface area contributed by atoms with Crippen molar-refractivity contribution in [2.75, 3.05) is 13.2 Å². The molecule has 0 radical (unpaired) electrons. The molecule has 2 aromatic heterocycles. The van der Waals surface area contributed by atoms with Gasteiger partial charge in [0, 0.05) is 31.9 Å². The van der Waals surface area contributed by atoms with Crippen molar-refractivity contribution < 1.29 is 9.47 Å². The highest BCUT2D eigenvalue weighted by Crippen LogP contribution is 2.32. The van der Waals surface area contributed by atoms with Gasteiger partial charge in [0.2, 0.25) is 0 Å². The Morgan fingerprint density at radius 3 is 3.17 bits per heavy atom. The maximum atomic E-state index is 6.18. The summed E-state index contributed by atoms with van der Waals surface area (Å²) >= 11 is 1.76. The number of hydrogen-bond acceptors (Lipinski definition) is 5. The summed E-state index contributed by atoms with van der Waals surface area (Å²) in [6.45, 7) is 3.36. The number of ether oxygens (including phenoxy) is 2. The second-order valence-electron chi connectivity index (χ2n) is 6.28. The molecule has 4 nitrogen and oxygen atoms in total. The van der Waals surface area contributed by atoms with E-state index in [1.54, 1.807) is 11.3 Å². The van der Waals surface area contributed by atoms with Crippen LogP contribution in [0.2, 0.25) is 0 Å². The average molecular weight is 330 g/mol. The summed E-state index contributed by atoms with van der Waals surface area (Å²) in [5, 5.41) is 4.38. The second kappa shape index (κ2) is 7.09. The Morgan fingerprint density at radius 1 is 1.35 bits per heavy atom. The Morgan fingerprint density at radius 2 is 2.35 bits per heavy atom. The van der Waals surface area contributed by atoms with Crippen LogP contribution in [-0.2, 0) is 22.6 Å². The van der Waals surface area contributed by atoms with Gasteiger partial charge in [-0.05, 0) is 47.4 Å². The van der Waals surface area contributed by atoms with E-state index in [-0.39, 0.29) is 12.2 Å². The molecule has 0 aromatic carbocycles. The van der Waals surface area contributed by atoms with Gasteiger partial charge in [-0.15, -0.1) is 0 Å². The van der Waals surface area contributed by atoms with Gasteiger partial charge in [0.1, 0.15) is 6.10 Å². The van der Waals surface area contributed by atoms with E-state index in [1.165, 1.54) is 12.0 Å². The molecule has 4 rings (SSSR count). The van der Waals surface area contributed by atoms with E-state index in [2.05, 4.69) is 26.7 Å². The predicted octanol–water partition coefficient (Wildman–Crippen LogP) is 3.09. The van der Waals surface area contributed by atoms with Crippen LogP contribution in [-0.4, -0.2) is 41.3 Å². The molecule has 2 aromatic rings. The third-order valence-electron chi connectivity index (χ3n) is 4.72. The zero-order valence-corrected chi connectivity index (χ0v) is 14.0. The Hall–Kier alpha value is -1.27. The van der Waals surface area contributed by atoms with Gasteiger partial charge < -0.3 is 9.47 Å². The summed E-state index contributed by atoms with van der Waals surface area (Å²) in [7, 11) is 0. The van der Waals surface area contributed by atoms with Crippen LogP contribution in [0.25, 0.3) is 0 Å². The molecule has 2 aliphatic heterocycles. The molecule has 0 spiro atoms. The Kier molecular flexibility index (Phi) is 4.71. The average Bonchev–Trinajstić information content (AvgIpc) is 3.23. The third-order valence-corrected chi connectivity index (χ3v) is 5.45. The fourth-order valence-corrected chi connectivity index (χ4v) is 4.29. The predicted molar refractivity (Wildman–Crippen MR) is 90.3 cm³/mol. The Bertz CT molecular complexity index is 605. The van der Waals surface area contributed by atoms with Crippen LogP contribution in [0.1, 0.15) is 24.1 Å². The lowest BCUT2D eigenvalue weighted by molar-refractivity contribution is -0.0824.